The SMILES string of the molecule is C.[Co].[Cr].[W]. The summed E-state index contributed by atoms with van der Waals surface area (Å²) < 4.78 is 0. The van der Waals surface area contributed by atoms with Crippen molar-refractivity contribution >= 4 is 0 Å². The fourth-order valence-electron chi connectivity index (χ4n) is 0. The van der Waals surface area contributed by atoms with Gasteiger partial charge in [-0.15, -0.1) is 0 Å². The van der Waals surface area contributed by atoms with Crippen LogP contribution < -0.4 is 0 Å². The minimum Gasteiger partial charge on any atom is -0.0776 e. The predicted octanol–water partition coefficient (Wildman–Crippen LogP) is 0.629. The Morgan fingerprint density at radius 1 is 1.00 bits per heavy atom. The van der Waals surface area contributed by atoms with E-state index in [1.54, 1.807) is 0 Å². The third kappa shape index (κ3) is 9.29. The molecule has 0 atom stereocenters. The predicted molar refractivity (Wildman–Crippen MR) is 6.73 cm³/mol. The van der Waals surface area contributed by atoms with Crippen molar-refractivity contribution in [1.29, 1.82) is 0 Å². The van der Waals surface area contributed by atoms with Crippen LogP contribution in [0, 0.1) is 0 Å². The first-order chi connectivity index (χ1) is 0. The van der Waals surface area contributed by atoms with E-state index in [-0.39, 0.29) is 62.6 Å². The van der Waals surface area contributed by atoms with Crippen LogP contribution in [0.3, 0.4) is 0 Å². The first kappa shape index (κ1) is 42.9. The Kier molecular flexibility index (Phi) is 236. The van der Waals surface area contributed by atoms with Crippen LogP contribution in [0.2, 0.25) is 0 Å². The van der Waals surface area contributed by atoms with Gasteiger partial charge in [0.25, 0.3) is 0 Å². The number of rotatable bonds is 0. The second-order valence-corrected chi connectivity index (χ2v) is 0. The van der Waals surface area contributed by atoms with Crippen LogP contribution in [-0.4, -0.2) is 0 Å². The van der Waals surface area contributed by atoms with Crippen LogP contribution >= 0.6 is 0 Å². The average Bonchev–Trinajstić information content (AvgIpc) is 0. The number of hydrogen-bond donors (Lipinski definition) is 0. The van der Waals surface area contributed by atoms with Crippen molar-refractivity contribution in [3.63, 3.8) is 0 Å². The third-order valence-electron chi connectivity index (χ3n) is 0. The summed E-state index contributed by atoms with van der Waals surface area (Å²) in [6.45, 7) is 0. The molecule has 0 rings (SSSR count). The van der Waals surface area contributed by atoms with E-state index in [0.29, 0.717) is 0 Å². The summed E-state index contributed by atoms with van der Waals surface area (Å²) in [7, 11) is 0. The Morgan fingerprint density at radius 3 is 1.00 bits per heavy atom. The van der Waals surface area contributed by atoms with Crippen LogP contribution in [0.5, 0.6) is 0 Å². The maximum Gasteiger partial charge on any atom is 0 e. The van der Waals surface area contributed by atoms with E-state index >= 15 is 0 Å². The molecule has 0 aromatic rings. The van der Waals surface area contributed by atoms with Crippen LogP contribution in [0.4, 0.5) is 0 Å². The largest absolute Gasteiger partial charge is 0.0776 e. The molecule has 0 fully saturated rings. The van der Waals surface area contributed by atoms with Gasteiger partial charge in [0, 0.05) is 55.2 Å². The molecule has 0 nitrogen and oxygen atoms in total. The Bertz CT molecular complexity index is 8.00. The van der Waals surface area contributed by atoms with E-state index < -0.39 is 0 Å². The molecule has 0 bridgehead atoms. The standard InChI is InChI=1S/CH4.Co.Cr.W/h1H4;;;. The van der Waals surface area contributed by atoms with Gasteiger partial charge in [-0.1, -0.05) is 7.43 Å². The molecule has 0 aromatic heterocycles. The molecule has 1 radical (unpaired) electrons. The molecule has 0 aromatic carbocycles. The molecule has 4 heavy (non-hydrogen) atoms. The van der Waals surface area contributed by atoms with Crippen molar-refractivity contribution in [2.75, 3.05) is 0 Å². The quantitative estimate of drug-likeness (QED) is 0.616. The summed E-state index contributed by atoms with van der Waals surface area (Å²) in [4.78, 5) is 0. The van der Waals surface area contributed by atoms with Crippen LogP contribution in [0.15, 0.2) is 0 Å². The zero-order chi connectivity index (χ0) is 0. The summed E-state index contributed by atoms with van der Waals surface area (Å²) >= 11 is 0. The normalized spacial score (nSPS) is 0. The molecule has 0 aliphatic heterocycles. The van der Waals surface area contributed by atoms with Crippen molar-refractivity contribution in [3.8, 4) is 0 Å². The Hall–Kier alpha value is 1.73. The third-order valence-corrected chi connectivity index (χ3v) is 0. The fraction of sp³-hybridized carbons (Fsp3) is 1.00. The van der Waals surface area contributed by atoms with E-state index in [9.17, 15) is 0 Å². The summed E-state index contributed by atoms with van der Waals surface area (Å²) in [5.41, 5.74) is 0. The molecule has 0 amide bonds. The van der Waals surface area contributed by atoms with Gasteiger partial charge in [0.15, 0.2) is 0 Å². The second kappa shape index (κ2) is 22.0. The Morgan fingerprint density at radius 2 is 1.00 bits per heavy atom. The topological polar surface area (TPSA) is 0 Å². The zero-order valence-corrected chi connectivity index (χ0v) is 6.40. The van der Waals surface area contributed by atoms with Crippen molar-refractivity contribution < 1.29 is 55.2 Å². The molecule has 0 saturated carbocycles. The molecule has 0 saturated heterocycles. The molecule has 0 aliphatic rings. The molecule has 29 valence electrons. The molecule has 0 spiro atoms. The van der Waals surface area contributed by atoms with E-state index in [0.717, 1.165) is 0 Å². The Balaban J connectivity index is 0. The van der Waals surface area contributed by atoms with E-state index in [1.807, 2.05) is 0 Å². The van der Waals surface area contributed by atoms with Gasteiger partial charge in [-0.2, -0.15) is 0 Å². The van der Waals surface area contributed by atoms with Crippen molar-refractivity contribution in [2.24, 2.45) is 0 Å². The van der Waals surface area contributed by atoms with Crippen LogP contribution in [0.25, 0.3) is 0 Å². The summed E-state index contributed by atoms with van der Waals surface area (Å²) in [6.07, 6.45) is 0. The van der Waals surface area contributed by atoms with Crippen molar-refractivity contribution in [2.45, 2.75) is 7.43 Å². The second-order valence-electron chi connectivity index (χ2n) is 0. The van der Waals surface area contributed by atoms with Crippen molar-refractivity contribution in [3.05, 3.63) is 0 Å². The zero-order valence-electron chi connectivity index (χ0n) is 1.15. The molecule has 0 unspecified atom stereocenters. The van der Waals surface area contributed by atoms with Gasteiger partial charge >= 0.3 is 0 Å². The van der Waals surface area contributed by atoms with Gasteiger partial charge in [0.2, 0.25) is 0 Å². The monoisotopic (exact) mass is 311 g/mol. The van der Waals surface area contributed by atoms with Crippen LogP contribution in [-0.2, 0) is 55.2 Å². The minimum absolute atomic E-state index is 0. The molecule has 0 N–H and O–H groups in total. The summed E-state index contributed by atoms with van der Waals surface area (Å²) in [5, 5.41) is 0. The minimum atomic E-state index is 0. The molecule has 3 heteroatoms. The van der Waals surface area contributed by atoms with E-state index in [4.69, 9.17) is 0 Å². The maximum atomic E-state index is 0. The maximum absolute atomic E-state index is 0. The summed E-state index contributed by atoms with van der Waals surface area (Å²) in [6, 6.07) is 0. The molecule has 0 heterocycles. The van der Waals surface area contributed by atoms with E-state index in [2.05, 4.69) is 0 Å². The summed E-state index contributed by atoms with van der Waals surface area (Å²) in [5.74, 6) is 0. The first-order valence-corrected chi connectivity index (χ1v) is 0. The smallest absolute Gasteiger partial charge is 0 e. The van der Waals surface area contributed by atoms with Gasteiger partial charge in [-0.25, -0.2) is 0 Å². The van der Waals surface area contributed by atoms with Gasteiger partial charge < -0.3 is 0 Å². The van der Waals surface area contributed by atoms with Gasteiger partial charge in [0.1, 0.15) is 0 Å². The number of hydrogen-bond acceptors (Lipinski definition) is 0. The van der Waals surface area contributed by atoms with Gasteiger partial charge in [0.05, 0.1) is 0 Å². The van der Waals surface area contributed by atoms with Gasteiger partial charge in [-0.3, -0.25) is 0 Å². The average molecular weight is 311 g/mol. The molecular formula is CH4CoCrW. The Labute approximate surface area is 62.3 Å². The van der Waals surface area contributed by atoms with E-state index in [1.165, 1.54) is 0 Å². The molecular weight excluding hydrogens is 307 g/mol. The fourth-order valence-corrected chi connectivity index (χ4v) is 0. The van der Waals surface area contributed by atoms with Crippen molar-refractivity contribution in [1.82, 2.24) is 0 Å². The van der Waals surface area contributed by atoms with Gasteiger partial charge in [-0.05, 0) is 0 Å². The first-order valence-electron chi connectivity index (χ1n) is 0. The molecule has 0 aliphatic carbocycles. The van der Waals surface area contributed by atoms with Crippen LogP contribution in [0.1, 0.15) is 7.43 Å².